The Kier molecular flexibility index (Phi) is 5.13. The third-order valence-corrected chi connectivity index (χ3v) is 8.21. The van der Waals surface area contributed by atoms with Crippen LogP contribution in [0.4, 0.5) is 17.1 Å². The lowest BCUT2D eigenvalue weighted by Gasteiger charge is -2.27. The van der Waals surface area contributed by atoms with Gasteiger partial charge in [0, 0.05) is 57.6 Å². The Balaban J connectivity index is 1.32. The number of hydrogen-bond acceptors (Lipinski definition) is 5. The van der Waals surface area contributed by atoms with Gasteiger partial charge in [-0.25, -0.2) is 0 Å². The van der Waals surface area contributed by atoms with Crippen LogP contribution in [0.25, 0.3) is 65.9 Å². The highest BCUT2D eigenvalue weighted by Crippen LogP contribution is 2.44. The summed E-state index contributed by atoms with van der Waals surface area (Å²) >= 11 is 0. The van der Waals surface area contributed by atoms with Crippen LogP contribution in [0.3, 0.4) is 0 Å². The molecule has 4 heterocycles. The van der Waals surface area contributed by atoms with E-state index in [-0.39, 0.29) is 0 Å². The Morgan fingerprint density at radius 1 is 0.488 bits per heavy atom. The van der Waals surface area contributed by atoms with Crippen LogP contribution >= 0.6 is 0 Å². The van der Waals surface area contributed by atoms with Crippen molar-refractivity contribution in [3.63, 3.8) is 0 Å². The number of furan rings is 2. The summed E-state index contributed by atoms with van der Waals surface area (Å²) in [5.74, 6) is 0. The first kappa shape index (κ1) is 23.7. The number of pyridine rings is 2. The van der Waals surface area contributed by atoms with Crippen molar-refractivity contribution in [1.29, 1.82) is 0 Å². The van der Waals surface area contributed by atoms with Crippen molar-refractivity contribution in [3.05, 3.63) is 140 Å². The van der Waals surface area contributed by atoms with E-state index in [9.17, 15) is 0 Å². The van der Waals surface area contributed by atoms with Gasteiger partial charge in [-0.1, -0.05) is 60.7 Å². The number of anilines is 3. The van der Waals surface area contributed by atoms with E-state index in [1.165, 1.54) is 16.5 Å². The first-order chi connectivity index (χ1) is 21.3. The van der Waals surface area contributed by atoms with Crippen LogP contribution in [-0.4, -0.2) is 9.97 Å². The predicted molar refractivity (Wildman–Crippen MR) is 174 cm³/mol. The molecule has 202 valence electrons. The zero-order valence-electron chi connectivity index (χ0n) is 22.9. The molecular weight excluding hydrogens is 530 g/mol. The summed E-state index contributed by atoms with van der Waals surface area (Å²) < 4.78 is 12.4. The molecular formula is C38H23N3O2. The maximum Gasteiger partial charge on any atom is 0.153 e. The molecule has 0 aliphatic heterocycles. The Bertz CT molecular complexity index is 2480. The lowest BCUT2D eigenvalue weighted by atomic mass is 9.96. The molecule has 9 rings (SSSR count). The van der Waals surface area contributed by atoms with Gasteiger partial charge in [-0.3, -0.25) is 9.97 Å². The Labute approximate surface area is 246 Å². The summed E-state index contributed by atoms with van der Waals surface area (Å²) in [6.07, 6.45) is 5.43. The smallest absolute Gasteiger partial charge is 0.153 e. The number of benzene rings is 5. The fraction of sp³-hybridized carbons (Fsp3) is 0. The standard InChI is InChI=1S/C38H23N3O2/c1-2-7-24(8-3-1)27-15-16-33(29-10-5-4-9-28(27)29)41(25-13-17-34-31(21-25)38-36(42-34)11-6-19-40-38)26-12-14-30-32-23-39-20-18-35(32)43-37(30)22-26/h1-23H. The van der Waals surface area contributed by atoms with Crippen LogP contribution in [0, 0.1) is 0 Å². The van der Waals surface area contributed by atoms with Crippen LogP contribution in [0.5, 0.6) is 0 Å². The zero-order chi connectivity index (χ0) is 28.3. The van der Waals surface area contributed by atoms with Gasteiger partial charge in [0.15, 0.2) is 5.58 Å². The van der Waals surface area contributed by atoms with Crippen LogP contribution in [0.2, 0.25) is 0 Å². The lowest BCUT2D eigenvalue weighted by molar-refractivity contribution is 0.667. The lowest BCUT2D eigenvalue weighted by Crippen LogP contribution is -2.10. The van der Waals surface area contributed by atoms with Gasteiger partial charge in [0.05, 0.1) is 5.69 Å². The number of aromatic nitrogens is 2. The first-order valence-electron chi connectivity index (χ1n) is 14.2. The quantitative estimate of drug-likeness (QED) is 0.217. The molecule has 5 nitrogen and oxygen atoms in total. The van der Waals surface area contributed by atoms with E-state index in [2.05, 4.69) is 112 Å². The maximum atomic E-state index is 6.30. The third-order valence-electron chi connectivity index (χ3n) is 8.21. The predicted octanol–water partition coefficient (Wildman–Crippen LogP) is 10.6. The minimum atomic E-state index is 0.774. The van der Waals surface area contributed by atoms with Crippen LogP contribution in [0.15, 0.2) is 149 Å². The van der Waals surface area contributed by atoms with Gasteiger partial charge < -0.3 is 13.7 Å². The van der Waals surface area contributed by atoms with Crippen LogP contribution in [-0.2, 0) is 0 Å². The average Bonchev–Trinajstić information content (AvgIpc) is 3.63. The highest BCUT2D eigenvalue weighted by Gasteiger charge is 2.20. The molecule has 5 aromatic carbocycles. The van der Waals surface area contributed by atoms with Gasteiger partial charge in [0.1, 0.15) is 22.3 Å². The van der Waals surface area contributed by atoms with Gasteiger partial charge in [0.2, 0.25) is 0 Å². The molecule has 9 aromatic rings. The number of rotatable bonds is 4. The number of nitrogens with zero attached hydrogens (tertiary/aromatic N) is 3. The van der Waals surface area contributed by atoms with Crippen molar-refractivity contribution in [2.45, 2.75) is 0 Å². The topological polar surface area (TPSA) is 55.3 Å². The van der Waals surface area contributed by atoms with Crippen molar-refractivity contribution in [2.24, 2.45) is 0 Å². The highest BCUT2D eigenvalue weighted by molar-refractivity contribution is 6.10. The molecule has 0 bridgehead atoms. The molecule has 43 heavy (non-hydrogen) atoms. The van der Waals surface area contributed by atoms with E-state index in [1.807, 2.05) is 36.7 Å². The number of hydrogen-bond donors (Lipinski definition) is 0. The second-order valence-corrected chi connectivity index (χ2v) is 10.7. The second-order valence-electron chi connectivity index (χ2n) is 10.7. The molecule has 0 radical (unpaired) electrons. The Morgan fingerprint density at radius 2 is 1.28 bits per heavy atom. The maximum absolute atomic E-state index is 6.30. The van der Waals surface area contributed by atoms with Crippen LogP contribution in [0.1, 0.15) is 0 Å². The summed E-state index contributed by atoms with van der Waals surface area (Å²) in [6.45, 7) is 0. The van der Waals surface area contributed by atoms with Gasteiger partial charge in [-0.2, -0.15) is 0 Å². The molecule has 0 aliphatic rings. The summed E-state index contributed by atoms with van der Waals surface area (Å²) in [7, 11) is 0. The number of fused-ring (bicyclic) bond motifs is 7. The zero-order valence-corrected chi connectivity index (χ0v) is 22.9. The monoisotopic (exact) mass is 553 g/mol. The SMILES string of the molecule is c1ccc(-c2ccc(N(c3ccc4c(c3)oc3ccncc34)c3ccc4oc5cccnc5c4c3)c3ccccc23)cc1. The molecule has 0 unspecified atom stereocenters. The minimum Gasteiger partial charge on any atom is -0.456 e. The Morgan fingerprint density at radius 3 is 2.21 bits per heavy atom. The fourth-order valence-electron chi connectivity index (χ4n) is 6.25. The molecule has 0 N–H and O–H groups in total. The van der Waals surface area contributed by atoms with E-state index in [0.29, 0.717) is 0 Å². The largest absolute Gasteiger partial charge is 0.456 e. The molecule has 0 saturated heterocycles. The van der Waals surface area contributed by atoms with Gasteiger partial charge in [-0.15, -0.1) is 0 Å². The van der Waals surface area contributed by atoms with Gasteiger partial charge >= 0.3 is 0 Å². The molecule has 4 aromatic heterocycles. The van der Waals surface area contributed by atoms with E-state index in [4.69, 9.17) is 8.83 Å². The molecule has 0 fully saturated rings. The molecule has 0 amide bonds. The molecule has 0 atom stereocenters. The first-order valence-corrected chi connectivity index (χ1v) is 14.2. The molecule has 5 heteroatoms. The van der Waals surface area contributed by atoms with E-state index in [0.717, 1.165) is 66.5 Å². The van der Waals surface area contributed by atoms with E-state index >= 15 is 0 Å². The summed E-state index contributed by atoms with van der Waals surface area (Å²) in [4.78, 5) is 11.3. The summed E-state index contributed by atoms with van der Waals surface area (Å²) in [5, 5.41) is 5.35. The minimum absolute atomic E-state index is 0.774. The van der Waals surface area contributed by atoms with Crippen LogP contribution < -0.4 is 4.90 Å². The summed E-state index contributed by atoms with van der Waals surface area (Å²) in [6, 6.07) is 42.1. The Hall–Kier alpha value is -5.94. The molecule has 0 saturated carbocycles. The van der Waals surface area contributed by atoms with Gasteiger partial charge in [0.25, 0.3) is 0 Å². The van der Waals surface area contributed by atoms with Crippen molar-refractivity contribution >= 4 is 71.8 Å². The molecule has 0 spiro atoms. The molecule has 0 aliphatic carbocycles. The van der Waals surface area contributed by atoms with Crippen molar-refractivity contribution in [1.82, 2.24) is 9.97 Å². The third kappa shape index (κ3) is 3.72. The normalized spacial score (nSPS) is 11.7. The van der Waals surface area contributed by atoms with Crippen molar-refractivity contribution < 1.29 is 8.83 Å². The second kappa shape index (κ2) is 9.29. The fourth-order valence-corrected chi connectivity index (χ4v) is 6.25. The van der Waals surface area contributed by atoms with Crippen molar-refractivity contribution in [3.8, 4) is 11.1 Å². The van der Waals surface area contributed by atoms with E-state index < -0.39 is 0 Å². The highest BCUT2D eigenvalue weighted by atomic mass is 16.3. The van der Waals surface area contributed by atoms with Crippen molar-refractivity contribution in [2.75, 3.05) is 4.90 Å². The van der Waals surface area contributed by atoms with Gasteiger partial charge in [-0.05, 0) is 71.1 Å². The van der Waals surface area contributed by atoms with E-state index in [1.54, 1.807) is 6.20 Å². The average molecular weight is 554 g/mol. The summed E-state index contributed by atoms with van der Waals surface area (Å²) in [5.41, 5.74) is 9.49.